The Hall–Kier alpha value is -2.63. The summed E-state index contributed by atoms with van der Waals surface area (Å²) >= 11 is 0. The van der Waals surface area contributed by atoms with Gasteiger partial charge in [0, 0.05) is 35.8 Å². The third-order valence-corrected chi connectivity index (χ3v) is 4.29. The molecule has 0 spiro atoms. The quantitative estimate of drug-likeness (QED) is 0.525. The number of aromatic nitrogens is 1. The molecule has 3 rings (SSSR count). The molecule has 0 aliphatic carbocycles. The summed E-state index contributed by atoms with van der Waals surface area (Å²) in [5, 5.41) is 1.02. The van der Waals surface area contributed by atoms with E-state index in [0.29, 0.717) is 24.7 Å². The molecule has 3 aromatic rings. The second-order valence-corrected chi connectivity index (χ2v) is 5.96. The second kappa shape index (κ2) is 8.84. The van der Waals surface area contributed by atoms with Gasteiger partial charge in [0.25, 0.3) is 0 Å². The maximum atomic E-state index is 5.86. The van der Waals surface area contributed by atoms with Crippen molar-refractivity contribution in [2.75, 3.05) is 27.4 Å². The van der Waals surface area contributed by atoms with Gasteiger partial charge < -0.3 is 18.9 Å². The molecule has 2 aromatic carbocycles. The lowest BCUT2D eigenvalue weighted by molar-refractivity contribution is -0.139. The normalized spacial score (nSPS) is 11.1. The molecule has 0 aliphatic heterocycles. The number of rotatable bonds is 8. The topological polar surface area (TPSA) is 49.8 Å². The Bertz CT molecular complexity index is 882. The highest BCUT2D eigenvalue weighted by Crippen LogP contribution is 2.34. The van der Waals surface area contributed by atoms with E-state index in [2.05, 4.69) is 0 Å². The average Bonchev–Trinajstić information content (AvgIpc) is 2.72. The fraction of sp³-hybridized carbons (Fsp3) is 0.318. The molecule has 0 N–H and O–H groups in total. The fourth-order valence-electron chi connectivity index (χ4n) is 3.03. The molecule has 0 bridgehead atoms. The summed E-state index contributed by atoms with van der Waals surface area (Å²) in [6.45, 7) is 5.04. The van der Waals surface area contributed by atoms with Gasteiger partial charge in [0.05, 0.1) is 25.4 Å². The Morgan fingerprint density at radius 2 is 1.48 bits per heavy atom. The summed E-state index contributed by atoms with van der Waals surface area (Å²) in [6.07, 6.45) is -0.445. The molecule has 1 aromatic heterocycles. The van der Waals surface area contributed by atoms with E-state index in [1.54, 1.807) is 14.2 Å². The van der Waals surface area contributed by atoms with Crippen LogP contribution in [-0.4, -0.2) is 32.4 Å². The number of methoxy groups -OCH3 is 2. The molecule has 0 fully saturated rings. The molecule has 0 atom stereocenters. The van der Waals surface area contributed by atoms with Crippen LogP contribution in [0.15, 0.2) is 48.5 Å². The minimum atomic E-state index is -0.445. The van der Waals surface area contributed by atoms with Crippen molar-refractivity contribution in [3.05, 3.63) is 54.1 Å². The number of para-hydroxylation sites is 1. The van der Waals surface area contributed by atoms with Crippen LogP contribution in [0.4, 0.5) is 0 Å². The number of pyridine rings is 1. The SMILES string of the molecule is CCOC(OCC)c1cc(-c2cc(OC)cc(OC)c2)nc2ccccc12. The van der Waals surface area contributed by atoms with E-state index in [1.165, 1.54) is 0 Å². The molecule has 1 heterocycles. The van der Waals surface area contributed by atoms with Crippen molar-refractivity contribution >= 4 is 10.9 Å². The van der Waals surface area contributed by atoms with Gasteiger partial charge in [-0.15, -0.1) is 0 Å². The van der Waals surface area contributed by atoms with Crippen LogP contribution in [0.25, 0.3) is 22.2 Å². The van der Waals surface area contributed by atoms with E-state index >= 15 is 0 Å². The van der Waals surface area contributed by atoms with Crippen LogP contribution >= 0.6 is 0 Å². The van der Waals surface area contributed by atoms with Crippen molar-refractivity contribution in [2.45, 2.75) is 20.1 Å². The molecule has 5 heteroatoms. The fourth-order valence-corrected chi connectivity index (χ4v) is 3.03. The van der Waals surface area contributed by atoms with Gasteiger partial charge in [0.1, 0.15) is 11.5 Å². The predicted octanol–water partition coefficient (Wildman–Crippen LogP) is 4.99. The van der Waals surface area contributed by atoms with Crippen molar-refractivity contribution in [1.82, 2.24) is 4.98 Å². The van der Waals surface area contributed by atoms with Gasteiger partial charge in [-0.2, -0.15) is 0 Å². The van der Waals surface area contributed by atoms with E-state index in [4.69, 9.17) is 23.9 Å². The van der Waals surface area contributed by atoms with E-state index in [-0.39, 0.29) is 0 Å². The standard InChI is InChI=1S/C22H25NO4/c1-5-26-22(27-6-2)19-14-21(23-20-10-8-7-9-18(19)20)15-11-16(24-3)13-17(12-15)25-4/h7-14,22H,5-6H2,1-4H3. The zero-order valence-electron chi connectivity index (χ0n) is 16.2. The summed E-state index contributed by atoms with van der Waals surface area (Å²) in [4.78, 5) is 4.84. The van der Waals surface area contributed by atoms with Gasteiger partial charge in [0.15, 0.2) is 6.29 Å². The van der Waals surface area contributed by atoms with Gasteiger partial charge in [-0.1, -0.05) is 18.2 Å². The summed E-state index contributed by atoms with van der Waals surface area (Å²) in [5.41, 5.74) is 3.56. The van der Waals surface area contributed by atoms with E-state index < -0.39 is 6.29 Å². The van der Waals surface area contributed by atoms with E-state index in [1.807, 2.05) is 62.4 Å². The van der Waals surface area contributed by atoms with Gasteiger partial charge in [0.2, 0.25) is 0 Å². The highest BCUT2D eigenvalue weighted by Gasteiger charge is 2.18. The smallest absolute Gasteiger partial charge is 0.184 e. The molecular formula is C22H25NO4. The first-order valence-electron chi connectivity index (χ1n) is 9.06. The summed E-state index contributed by atoms with van der Waals surface area (Å²) in [5.74, 6) is 1.43. The third kappa shape index (κ3) is 4.21. The van der Waals surface area contributed by atoms with Crippen molar-refractivity contribution in [1.29, 1.82) is 0 Å². The Balaban J connectivity index is 2.20. The number of fused-ring (bicyclic) bond motifs is 1. The monoisotopic (exact) mass is 367 g/mol. The number of hydrogen-bond acceptors (Lipinski definition) is 5. The lowest BCUT2D eigenvalue weighted by Crippen LogP contribution is -2.10. The lowest BCUT2D eigenvalue weighted by atomic mass is 10.0. The van der Waals surface area contributed by atoms with E-state index in [0.717, 1.165) is 27.7 Å². The minimum absolute atomic E-state index is 0.445. The third-order valence-electron chi connectivity index (χ3n) is 4.29. The average molecular weight is 367 g/mol. The Morgan fingerprint density at radius 1 is 0.852 bits per heavy atom. The lowest BCUT2D eigenvalue weighted by Gasteiger charge is -2.20. The Labute approximate surface area is 159 Å². The van der Waals surface area contributed by atoms with Crippen LogP contribution in [0, 0.1) is 0 Å². The Morgan fingerprint density at radius 3 is 2.07 bits per heavy atom. The summed E-state index contributed by atoms with van der Waals surface area (Å²) in [6, 6.07) is 15.8. The van der Waals surface area contributed by atoms with E-state index in [9.17, 15) is 0 Å². The highest BCUT2D eigenvalue weighted by atomic mass is 16.7. The van der Waals surface area contributed by atoms with Crippen molar-refractivity contribution in [3.63, 3.8) is 0 Å². The molecule has 142 valence electrons. The number of ether oxygens (including phenoxy) is 4. The molecular weight excluding hydrogens is 342 g/mol. The van der Waals surface area contributed by atoms with Crippen LogP contribution in [-0.2, 0) is 9.47 Å². The zero-order valence-corrected chi connectivity index (χ0v) is 16.2. The van der Waals surface area contributed by atoms with Crippen molar-refractivity contribution in [2.24, 2.45) is 0 Å². The second-order valence-electron chi connectivity index (χ2n) is 5.96. The largest absolute Gasteiger partial charge is 0.497 e. The summed E-state index contributed by atoms with van der Waals surface area (Å²) < 4.78 is 22.5. The maximum Gasteiger partial charge on any atom is 0.184 e. The van der Waals surface area contributed by atoms with Crippen LogP contribution in [0.2, 0.25) is 0 Å². The summed E-state index contributed by atoms with van der Waals surface area (Å²) in [7, 11) is 3.27. The van der Waals surface area contributed by atoms with Crippen LogP contribution in [0.1, 0.15) is 25.7 Å². The van der Waals surface area contributed by atoms with Crippen LogP contribution in [0.5, 0.6) is 11.5 Å². The molecule has 0 unspecified atom stereocenters. The highest BCUT2D eigenvalue weighted by molar-refractivity contribution is 5.85. The van der Waals surface area contributed by atoms with Gasteiger partial charge in [-0.3, -0.25) is 0 Å². The van der Waals surface area contributed by atoms with Crippen LogP contribution < -0.4 is 9.47 Å². The van der Waals surface area contributed by atoms with Crippen molar-refractivity contribution in [3.8, 4) is 22.8 Å². The molecule has 0 saturated carbocycles. The first-order valence-corrected chi connectivity index (χ1v) is 9.06. The van der Waals surface area contributed by atoms with Crippen LogP contribution in [0.3, 0.4) is 0 Å². The molecule has 0 aliphatic rings. The number of hydrogen-bond donors (Lipinski definition) is 0. The molecule has 0 saturated heterocycles. The van der Waals surface area contributed by atoms with Gasteiger partial charge in [-0.25, -0.2) is 4.98 Å². The number of benzene rings is 2. The first-order chi connectivity index (χ1) is 13.2. The Kier molecular flexibility index (Phi) is 6.27. The van der Waals surface area contributed by atoms with Gasteiger partial charge >= 0.3 is 0 Å². The first kappa shape index (κ1) is 19.1. The molecule has 0 amide bonds. The zero-order chi connectivity index (χ0) is 19.2. The van der Waals surface area contributed by atoms with Crippen molar-refractivity contribution < 1.29 is 18.9 Å². The predicted molar refractivity (Wildman–Crippen MR) is 106 cm³/mol. The minimum Gasteiger partial charge on any atom is -0.497 e. The molecule has 0 radical (unpaired) electrons. The molecule has 5 nitrogen and oxygen atoms in total. The maximum absolute atomic E-state index is 5.86. The molecule has 27 heavy (non-hydrogen) atoms. The number of nitrogens with zero attached hydrogens (tertiary/aromatic N) is 1. The van der Waals surface area contributed by atoms with Gasteiger partial charge in [-0.05, 0) is 38.1 Å².